The second-order valence-electron chi connectivity index (χ2n) is 2.06. The number of rotatable bonds is 3. The molecule has 0 aromatic heterocycles. The van der Waals surface area contributed by atoms with Crippen LogP contribution in [0.3, 0.4) is 0 Å². The van der Waals surface area contributed by atoms with Crippen LogP contribution in [0.1, 0.15) is 6.42 Å². The Kier molecular flexibility index (Phi) is 4.84. The zero-order valence-corrected chi connectivity index (χ0v) is 7.42. The lowest BCUT2D eigenvalue weighted by atomic mass is 10.0. The Labute approximate surface area is 71.9 Å². The normalized spacial score (nSPS) is 10.7. The van der Waals surface area contributed by atoms with Gasteiger partial charge in [0, 0.05) is 5.57 Å². The van der Waals surface area contributed by atoms with Crippen LogP contribution in [0.2, 0.25) is 0 Å². The first-order chi connectivity index (χ1) is 5.65. The van der Waals surface area contributed by atoms with Crippen LogP contribution in [0, 0.1) is 0 Å². The molecule has 0 saturated carbocycles. The van der Waals surface area contributed by atoms with Gasteiger partial charge in [-0.15, -0.1) is 5.98 Å². The molecule has 4 nitrogen and oxygen atoms in total. The molecule has 66 valence electrons. The zero-order chi connectivity index (χ0) is 9.56. The number of esters is 2. The quantitative estimate of drug-likeness (QED) is 0.317. The van der Waals surface area contributed by atoms with E-state index in [0.717, 1.165) is 0 Å². The Balaban J connectivity index is 4.20. The molecule has 0 aromatic rings. The molecule has 0 amide bonds. The molecule has 0 fully saturated rings. The Morgan fingerprint density at radius 2 is 1.92 bits per heavy atom. The second-order valence-corrected chi connectivity index (χ2v) is 2.06. The van der Waals surface area contributed by atoms with Crippen molar-refractivity contribution in [1.29, 1.82) is 0 Å². The van der Waals surface area contributed by atoms with E-state index in [4.69, 9.17) is 0 Å². The molecule has 0 atom stereocenters. The molecule has 0 N–H and O–H groups in total. The van der Waals surface area contributed by atoms with Crippen molar-refractivity contribution in [2.75, 3.05) is 14.2 Å². The predicted molar refractivity (Wildman–Crippen MR) is 45.3 cm³/mol. The van der Waals surface area contributed by atoms with Gasteiger partial charge in [0.2, 0.25) is 0 Å². The molecule has 0 aliphatic carbocycles. The monoisotopic (exact) mass is 170 g/mol. The number of hydrogen-bond acceptors (Lipinski definition) is 4. The van der Waals surface area contributed by atoms with Crippen molar-refractivity contribution in [2.45, 2.75) is 6.42 Å². The molecular formula is C7H11BO4. The summed E-state index contributed by atoms with van der Waals surface area (Å²) in [5, 5.41) is 0. The van der Waals surface area contributed by atoms with Gasteiger partial charge in [0.15, 0.2) is 0 Å². The Bertz CT molecular complexity index is 209. The number of carbonyl (C=O) groups is 2. The third kappa shape index (κ3) is 3.23. The average Bonchev–Trinajstić information content (AvgIpc) is 2.12. The van der Waals surface area contributed by atoms with E-state index in [9.17, 15) is 9.59 Å². The van der Waals surface area contributed by atoms with Crippen LogP contribution in [0.15, 0.2) is 11.5 Å². The minimum Gasteiger partial charge on any atom is -0.469 e. The lowest BCUT2D eigenvalue weighted by molar-refractivity contribution is -0.143. The molecular weight excluding hydrogens is 159 g/mol. The molecule has 0 aliphatic heterocycles. The highest BCUT2D eigenvalue weighted by Crippen LogP contribution is 2.03. The van der Waals surface area contributed by atoms with Crippen LogP contribution in [-0.4, -0.2) is 34.0 Å². The SMILES string of the molecule is B/C=C(\CC(=O)OC)C(=O)OC. The van der Waals surface area contributed by atoms with Crippen LogP contribution in [0.5, 0.6) is 0 Å². The fourth-order valence-corrected chi connectivity index (χ4v) is 0.651. The highest BCUT2D eigenvalue weighted by atomic mass is 16.5. The number of hydrogen-bond donors (Lipinski definition) is 0. The number of ether oxygens (including phenoxy) is 2. The van der Waals surface area contributed by atoms with Gasteiger partial charge in [-0.05, 0) is 0 Å². The Morgan fingerprint density at radius 3 is 2.25 bits per heavy atom. The van der Waals surface area contributed by atoms with Gasteiger partial charge in [-0.1, -0.05) is 0 Å². The molecule has 0 aliphatic rings. The van der Waals surface area contributed by atoms with Crippen molar-refractivity contribution >= 4 is 19.8 Å². The van der Waals surface area contributed by atoms with Crippen molar-refractivity contribution in [3.05, 3.63) is 11.5 Å². The van der Waals surface area contributed by atoms with Crippen molar-refractivity contribution in [2.24, 2.45) is 0 Å². The van der Waals surface area contributed by atoms with Gasteiger partial charge < -0.3 is 9.47 Å². The van der Waals surface area contributed by atoms with Crippen LogP contribution in [-0.2, 0) is 19.1 Å². The topological polar surface area (TPSA) is 52.6 Å². The van der Waals surface area contributed by atoms with Gasteiger partial charge in [0.25, 0.3) is 0 Å². The lowest BCUT2D eigenvalue weighted by Crippen LogP contribution is -2.11. The van der Waals surface area contributed by atoms with E-state index in [1.54, 1.807) is 7.85 Å². The van der Waals surface area contributed by atoms with Gasteiger partial charge in [-0.2, -0.15) is 0 Å². The molecule has 0 bridgehead atoms. The maximum absolute atomic E-state index is 10.9. The van der Waals surface area contributed by atoms with Crippen molar-refractivity contribution < 1.29 is 19.1 Å². The van der Waals surface area contributed by atoms with Gasteiger partial charge in [0.05, 0.1) is 20.6 Å². The molecule has 0 spiro atoms. The average molecular weight is 170 g/mol. The van der Waals surface area contributed by atoms with Gasteiger partial charge in [-0.3, -0.25) is 4.79 Å². The third-order valence-electron chi connectivity index (χ3n) is 1.36. The molecule has 0 radical (unpaired) electrons. The van der Waals surface area contributed by atoms with E-state index in [1.165, 1.54) is 20.2 Å². The smallest absolute Gasteiger partial charge is 0.333 e. The Hall–Kier alpha value is -1.26. The molecule has 0 rings (SSSR count). The molecule has 0 heterocycles. The van der Waals surface area contributed by atoms with Crippen molar-refractivity contribution in [3.8, 4) is 0 Å². The largest absolute Gasteiger partial charge is 0.469 e. The minimum absolute atomic E-state index is 0.0420. The summed E-state index contributed by atoms with van der Waals surface area (Å²) in [5.41, 5.74) is 0.310. The summed E-state index contributed by atoms with van der Waals surface area (Å²) in [6.45, 7) is 0. The fourth-order valence-electron chi connectivity index (χ4n) is 0.651. The summed E-state index contributed by atoms with van der Waals surface area (Å²) in [6, 6.07) is 0. The molecule has 5 heteroatoms. The third-order valence-corrected chi connectivity index (χ3v) is 1.36. The second kappa shape index (κ2) is 5.40. The summed E-state index contributed by atoms with van der Waals surface area (Å²) < 4.78 is 8.82. The zero-order valence-electron chi connectivity index (χ0n) is 7.42. The van der Waals surface area contributed by atoms with E-state index in [1.807, 2.05) is 0 Å². The standard InChI is InChI=1S/C7H11BO4/c1-11-6(9)3-5(4-8)7(10)12-2/h4H,3,8H2,1-2H3/b5-4+. The van der Waals surface area contributed by atoms with Crippen LogP contribution < -0.4 is 0 Å². The summed E-state index contributed by atoms with van der Waals surface area (Å²) in [5.74, 6) is 0.583. The first kappa shape index (κ1) is 10.7. The number of methoxy groups -OCH3 is 2. The highest BCUT2D eigenvalue weighted by Gasteiger charge is 2.12. The van der Waals surface area contributed by atoms with Crippen molar-refractivity contribution in [3.63, 3.8) is 0 Å². The molecule has 0 aromatic carbocycles. The maximum Gasteiger partial charge on any atom is 0.333 e. The molecule has 0 unspecified atom stereocenters. The fraction of sp³-hybridized carbons (Fsp3) is 0.429. The van der Waals surface area contributed by atoms with Crippen molar-refractivity contribution in [1.82, 2.24) is 0 Å². The van der Waals surface area contributed by atoms with Crippen LogP contribution in [0.25, 0.3) is 0 Å². The molecule has 0 saturated heterocycles. The van der Waals surface area contributed by atoms with E-state index in [-0.39, 0.29) is 6.42 Å². The van der Waals surface area contributed by atoms with Crippen LogP contribution >= 0.6 is 0 Å². The summed E-state index contributed by atoms with van der Waals surface area (Å²) in [6.07, 6.45) is -0.0420. The first-order valence-electron chi connectivity index (χ1n) is 3.46. The van der Waals surface area contributed by atoms with Crippen LogP contribution in [0.4, 0.5) is 0 Å². The predicted octanol–water partition coefficient (Wildman–Crippen LogP) is -0.761. The lowest BCUT2D eigenvalue weighted by Gasteiger charge is -2.02. The highest BCUT2D eigenvalue weighted by molar-refractivity contribution is 6.20. The first-order valence-corrected chi connectivity index (χ1v) is 3.46. The summed E-state index contributed by atoms with van der Waals surface area (Å²) >= 11 is 0. The van der Waals surface area contributed by atoms with E-state index < -0.39 is 11.9 Å². The maximum atomic E-state index is 10.9. The Morgan fingerprint density at radius 1 is 1.33 bits per heavy atom. The van der Waals surface area contributed by atoms with Gasteiger partial charge in [-0.25, -0.2) is 4.79 Å². The number of carbonyl (C=O) groups excluding carboxylic acids is 2. The minimum atomic E-state index is -0.497. The van der Waals surface area contributed by atoms with E-state index in [0.29, 0.717) is 5.57 Å². The van der Waals surface area contributed by atoms with E-state index >= 15 is 0 Å². The molecule has 12 heavy (non-hydrogen) atoms. The van der Waals surface area contributed by atoms with Gasteiger partial charge >= 0.3 is 11.9 Å². The summed E-state index contributed by atoms with van der Waals surface area (Å²) in [4.78, 5) is 21.6. The van der Waals surface area contributed by atoms with Gasteiger partial charge in [0.1, 0.15) is 7.85 Å². The van der Waals surface area contributed by atoms with E-state index in [2.05, 4.69) is 9.47 Å². The summed E-state index contributed by atoms with van der Waals surface area (Å²) in [7, 11) is 4.20.